The first-order valence-electron chi connectivity index (χ1n) is 7.74. The number of esters is 2. The third kappa shape index (κ3) is 4.87. The van der Waals surface area contributed by atoms with Crippen molar-refractivity contribution in [3.8, 4) is 5.75 Å². The lowest BCUT2D eigenvalue weighted by molar-refractivity contribution is 0.0516. The molecule has 0 fully saturated rings. The van der Waals surface area contributed by atoms with Crippen molar-refractivity contribution in [3.05, 3.63) is 53.6 Å². The Morgan fingerprint density at radius 3 is 2.00 bits per heavy atom. The van der Waals surface area contributed by atoms with E-state index in [1.807, 2.05) is 0 Å². The summed E-state index contributed by atoms with van der Waals surface area (Å²) in [6.45, 7) is 4.00. The average molecular weight is 342 g/mol. The van der Waals surface area contributed by atoms with E-state index in [1.54, 1.807) is 38.1 Å². The molecule has 2 aromatic rings. The summed E-state index contributed by atoms with van der Waals surface area (Å²) in [7, 11) is 0. The second-order valence-corrected chi connectivity index (χ2v) is 4.89. The van der Waals surface area contributed by atoms with Gasteiger partial charge in [0.25, 0.3) is 0 Å². The number of hydrogen-bond acceptors (Lipinski definition) is 7. The van der Waals surface area contributed by atoms with Gasteiger partial charge in [0.15, 0.2) is 0 Å². The van der Waals surface area contributed by atoms with E-state index < -0.39 is 11.9 Å². The summed E-state index contributed by atoms with van der Waals surface area (Å²) >= 11 is 0. The van der Waals surface area contributed by atoms with Gasteiger partial charge in [-0.1, -0.05) is 0 Å². The van der Waals surface area contributed by atoms with Gasteiger partial charge in [0, 0.05) is 0 Å². The SMILES string of the molecule is CCOC(=O)c1ccc(N=Nc2ccc(C(=O)OCC)cc2O)cc1. The third-order valence-electron chi connectivity index (χ3n) is 3.14. The highest BCUT2D eigenvalue weighted by molar-refractivity contribution is 5.90. The van der Waals surface area contributed by atoms with Gasteiger partial charge in [0.2, 0.25) is 0 Å². The van der Waals surface area contributed by atoms with Crippen molar-refractivity contribution in [2.75, 3.05) is 13.2 Å². The Morgan fingerprint density at radius 2 is 1.44 bits per heavy atom. The first-order valence-corrected chi connectivity index (χ1v) is 7.74. The van der Waals surface area contributed by atoms with E-state index in [2.05, 4.69) is 10.2 Å². The van der Waals surface area contributed by atoms with Crippen LogP contribution in [-0.2, 0) is 9.47 Å². The molecule has 0 radical (unpaired) electrons. The lowest BCUT2D eigenvalue weighted by Crippen LogP contribution is -2.03. The van der Waals surface area contributed by atoms with Gasteiger partial charge in [-0.05, 0) is 56.3 Å². The highest BCUT2D eigenvalue weighted by atomic mass is 16.5. The summed E-state index contributed by atoms with van der Waals surface area (Å²) in [4.78, 5) is 23.2. The Hall–Kier alpha value is -3.22. The summed E-state index contributed by atoms with van der Waals surface area (Å²) in [5, 5.41) is 17.9. The lowest BCUT2D eigenvalue weighted by atomic mass is 10.2. The van der Waals surface area contributed by atoms with Crippen LogP contribution in [0.4, 0.5) is 11.4 Å². The van der Waals surface area contributed by atoms with E-state index >= 15 is 0 Å². The van der Waals surface area contributed by atoms with Crippen LogP contribution in [0.3, 0.4) is 0 Å². The van der Waals surface area contributed by atoms with Crippen LogP contribution in [-0.4, -0.2) is 30.3 Å². The standard InChI is InChI=1S/C18H18N2O5/c1-3-24-17(22)12-5-8-14(9-6-12)19-20-15-10-7-13(11-16(15)21)18(23)25-4-2/h5-11,21H,3-4H2,1-2H3. The number of carbonyl (C=O) groups is 2. The molecule has 0 saturated heterocycles. The third-order valence-corrected chi connectivity index (χ3v) is 3.14. The number of nitrogens with zero attached hydrogens (tertiary/aromatic N) is 2. The fourth-order valence-electron chi connectivity index (χ4n) is 1.94. The van der Waals surface area contributed by atoms with Crippen molar-refractivity contribution >= 4 is 23.3 Å². The Labute approximate surface area is 144 Å². The Kier molecular flexibility index (Phi) is 6.22. The van der Waals surface area contributed by atoms with Crippen LogP contribution in [0.2, 0.25) is 0 Å². The minimum Gasteiger partial charge on any atom is -0.506 e. The zero-order valence-corrected chi connectivity index (χ0v) is 13.9. The van der Waals surface area contributed by atoms with Crippen molar-refractivity contribution in [2.45, 2.75) is 13.8 Å². The van der Waals surface area contributed by atoms with Gasteiger partial charge in [0.05, 0.1) is 30.0 Å². The number of ether oxygens (including phenoxy) is 2. The van der Waals surface area contributed by atoms with E-state index in [0.717, 1.165) is 0 Å². The number of aromatic hydroxyl groups is 1. The van der Waals surface area contributed by atoms with E-state index in [1.165, 1.54) is 18.2 Å². The molecule has 0 atom stereocenters. The molecule has 0 aliphatic carbocycles. The van der Waals surface area contributed by atoms with Gasteiger partial charge in [-0.2, -0.15) is 5.11 Å². The molecular weight excluding hydrogens is 324 g/mol. The number of phenolic OH excluding ortho intramolecular Hbond substituents is 1. The summed E-state index contributed by atoms with van der Waals surface area (Å²) in [5.41, 5.74) is 1.36. The fraction of sp³-hybridized carbons (Fsp3) is 0.222. The summed E-state index contributed by atoms with van der Waals surface area (Å²) in [5.74, 6) is -1.11. The maximum Gasteiger partial charge on any atom is 0.338 e. The molecule has 7 heteroatoms. The fourth-order valence-corrected chi connectivity index (χ4v) is 1.94. The number of benzene rings is 2. The molecular formula is C18H18N2O5. The molecule has 0 spiro atoms. The smallest absolute Gasteiger partial charge is 0.338 e. The van der Waals surface area contributed by atoms with Crippen LogP contribution in [0.25, 0.3) is 0 Å². The summed E-state index contributed by atoms with van der Waals surface area (Å²) < 4.78 is 9.75. The van der Waals surface area contributed by atoms with Crippen LogP contribution in [0, 0.1) is 0 Å². The molecule has 130 valence electrons. The second-order valence-electron chi connectivity index (χ2n) is 4.89. The first-order chi connectivity index (χ1) is 12.0. The second kappa shape index (κ2) is 8.58. The molecule has 0 saturated carbocycles. The number of carbonyl (C=O) groups excluding carboxylic acids is 2. The van der Waals surface area contributed by atoms with Crippen LogP contribution in [0.5, 0.6) is 5.75 Å². The average Bonchev–Trinajstić information content (AvgIpc) is 2.61. The maximum absolute atomic E-state index is 11.6. The van der Waals surface area contributed by atoms with Crippen LogP contribution in [0.1, 0.15) is 34.6 Å². The highest BCUT2D eigenvalue weighted by Crippen LogP contribution is 2.29. The molecule has 0 aliphatic heterocycles. The molecule has 0 bridgehead atoms. The van der Waals surface area contributed by atoms with Crippen molar-refractivity contribution in [2.24, 2.45) is 10.2 Å². The zero-order valence-electron chi connectivity index (χ0n) is 13.9. The van der Waals surface area contributed by atoms with Crippen molar-refractivity contribution < 1.29 is 24.2 Å². The predicted octanol–water partition coefficient (Wildman–Crippen LogP) is 4.16. The van der Waals surface area contributed by atoms with E-state index in [-0.39, 0.29) is 23.6 Å². The van der Waals surface area contributed by atoms with Gasteiger partial charge >= 0.3 is 11.9 Å². The zero-order chi connectivity index (χ0) is 18.2. The Morgan fingerprint density at radius 1 is 0.880 bits per heavy atom. The van der Waals surface area contributed by atoms with Gasteiger partial charge in [-0.15, -0.1) is 5.11 Å². The minimum absolute atomic E-state index is 0.183. The number of hydrogen-bond donors (Lipinski definition) is 1. The quantitative estimate of drug-likeness (QED) is 0.628. The van der Waals surface area contributed by atoms with Crippen molar-refractivity contribution in [3.63, 3.8) is 0 Å². The molecule has 0 unspecified atom stereocenters. The lowest BCUT2D eigenvalue weighted by Gasteiger charge is -2.03. The molecule has 0 aliphatic rings. The molecule has 1 N–H and O–H groups in total. The molecule has 7 nitrogen and oxygen atoms in total. The largest absolute Gasteiger partial charge is 0.506 e. The first kappa shape index (κ1) is 18.1. The summed E-state index contributed by atoms with van der Waals surface area (Å²) in [6.07, 6.45) is 0. The normalized spacial score (nSPS) is 10.6. The van der Waals surface area contributed by atoms with E-state index in [4.69, 9.17) is 9.47 Å². The molecule has 0 heterocycles. The van der Waals surface area contributed by atoms with Crippen LogP contribution in [0.15, 0.2) is 52.7 Å². The highest BCUT2D eigenvalue weighted by Gasteiger charge is 2.10. The van der Waals surface area contributed by atoms with Crippen LogP contribution < -0.4 is 0 Å². The molecule has 2 aromatic carbocycles. The molecule has 0 amide bonds. The van der Waals surface area contributed by atoms with Gasteiger partial charge < -0.3 is 14.6 Å². The summed E-state index contributed by atoms with van der Waals surface area (Å²) in [6, 6.07) is 10.6. The number of phenols is 1. The number of azo groups is 1. The molecule has 2 rings (SSSR count). The molecule has 25 heavy (non-hydrogen) atoms. The van der Waals surface area contributed by atoms with E-state index in [9.17, 15) is 14.7 Å². The topological polar surface area (TPSA) is 97.6 Å². The van der Waals surface area contributed by atoms with Gasteiger partial charge in [-0.25, -0.2) is 9.59 Å². The van der Waals surface area contributed by atoms with Crippen molar-refractivity contribution in [1.82, 2.24) is 0 Å². The van der Waals surface area contributed by atoms with Crippen LogP contribution >= 0.6 is 0 Å². The Balaban J connectivity index is 2.11. The monoisotopic (exact) mass is 342 g/mol. The maximum atomic E-state index is 11.6. The van der Waals surface area contributed by atoms with Crippen molar-refractivity contribution in [1.29, 1.82) is 0 Å². The minimum atomic E-state index is -0.518. The molecule has 0 aromatic heterocycles. The number of rotatable bonds is 6. The van der Waals surface area contributed by atoms with Gasteiger partial charge in [0.1, 0.15) is 11.4 Å². The Bertz CT molecular complexity index is 785. The predicted molar refractivity (Wildman–Crippen MR) is 90.6 cm³/mol. The van der Waals surface area contributed by atoms with Gasteiger partial charge in [-0.3, -0.25) is 0 Å². The van der Waals surface area contributed by atoms with E-state index in [0.29, 0.717) is 17.9 Å².